The second-order valence-electron chi connectivity index (χ2n) is 6.69. The van der Waals surface area contributed by atoms with E-state index < -0.39 is 0 Å². The first kappa shape index (κ1) is 17.6. The number of carbonyl (C=O) groups excluding carboxylic acids is 1. The first-order valence-corrected chi connectivity index (χ1v) is 9.46. The molecule has 144 valence electrons. The lowest BCUT2D eigenvalue weighted by Gasteiger charge is -2.21. The monoisotopic (exact) mass is 405 g/mol. The number of amides is 1. The molecular formula is C20H16ClN7O. The summed E-state index contributed by atoms with van der Waals surface area (Å²) in [4.78, 5) is 31.5. The van der Waals surface area contributed by atoms with Gasteiger partial charge in [-0.3, -0.25) is 4.79 Å². The van der Waals surface area contributed by atoms with Gasteiger partial charge in [0.05, 0.1) is 23.6 Å². The molecule has 0 saturated heterocycles. The Morgan fingerprint density at radius 2 is 1.90 bits per heavy atom. The van der Waals surface area contributed by atoms with Gasteiger partial charge in [0, 0.05) is 30.4 Å². The van der Waals surface area contributed by atoms with E-state index in [0.717, 1.165) is 28.1 Å². The Labute approximate surface area is 171 Å². The lowest BCUT2D eigenvalue weighted by molar-refractivity contribution is 0.0990. The normalized spacial score (nSPS) is 13.9. The van der Waals surface area contributed by atoms with Crippen molar-refractivity contribution < 1.29 is 4.79 Å². The Bertz CT molecular complexity index is 1240. The van der Waals surface area contributed by atoms with Crippen LogP contribution in [0, 0.1) is 6.92 Å². The molecule has 0 radical (unpaired) electrons. The molecule has 5 rings (SSSR count). The van der Waals surface area contributed by atoms with Gasteiger partial charge in [-0.15, -0.1) is 0 Å². The summed E-state index contributed by atoms with van der Waals surface area (Å²) in [5.41, 5.74) is 2.96. The highest BCUT2D eigenvalue weighted by Crippen LogP contribution is 2.30. The summed E-state index contributed by atoms with van der Waals surface area (Å²) in [6.07, 6.45) is 6.90. The van der Waals surface area contributed by atoms with Crippen LogP contribution in [0.3, 0.4) is 0 Å². The zero-order chi connectivity index (χ0) is 20.0. The van der Waals surface area contributed by atoms with Crippen LogP contribution in [0.5, 0.6) is 0 Å². The Morgan fingerprint density at radius 1 is 1.07 bits per heavy atom. The average Bonchev–Trinajstić information content (AvgIpc) is 3.06. The summed E-state index contributed by atoms with van der Waals surface area (Å²) in [6, 6.07) is 7.90. The molecule has 8 nitrogen and oxygen atoms in total. The highest BCUT2D eigenvalue weighted by molar-refractivity contribution is 6.34. The van der Waals surface area contributed by atoms with Gasteiger partial charge in [0.15, 0.2) is 0 Å². The molecule has 1 aliphatic rings. The smallest absolute Gasteiger partial charge is 0.265 e. The molecule has 3 aromatic heterocycles. The van der Waals surface area contributed by atoms with Gasteiger partial charge in [-0.1, -0.05) is 11.6 Å². The fraction of sp³-hybridized carbons (Fsp3) is 0.150. The van der Waals surface area contributed by atoms with Crippen molar-refractivity contribution in [2.75, 3.05) is 23.3 Å². The van der Waals surface area contributed by atoms with E-state index in [9.17, 15) is 4.79 Å². The predicted octanol–water partition coefficient (Wildman–Crippen LogP) is 3.24. The molecule has 0 bridgehead atoms. The molecule has 0 aliphatic carbocycles. The number of nitrogens with one attached hydrogen (secondary N) is 1. The number of nitrogens with zero attached hydrogens (tertiary/aromatic N) is 6. The maximum absolute atomic E-state index is 13.2. The largest absolute Gasteiger partial charge is 0.367 e. The molecule has 0 spiro atoms. The van der Waals surface area contributed by atoms with Crippen molar-refractivity contribution in [3.05, 3.63) is 65.7 Å². The van der Waals surface area contributed by atoms with Crippen molar-refractivity contribution in [2.45, 2.75) is 6.92 Å². The first-order chi connectivity index (χ1) is 14.1. The summed E-state index contributed by atoms with van der Waals surface area (Å²) in [5, 5.41) is 4.30. The molecule has 1 aliphatic heterocycles. The number of hydrogen-bond donors (Lipinski definition) is 1. The third-order valence-corrected chi connectivity index (χ3v) is 5.21. The molecule has 1 amide bonds. The van der Waals surface area contributed by atoms with Crippen LogP contribution in [-0.2, 0) is 0 Å². The van der Waals surface area contributed by atoms with Crippen molar-refractivity contribution in [3.8, 4) is 5.69 Å². The summed E-state index contributed by atoms with van der Waals surface area (Å²) in [6.45, 7) is 2.90. The van der Waals surface area contributed by atoms with Crippen molar-refractivity contribution in [2.24, 2.45) is 0 Å². The Hall–Kier alpha value is -3.52. The van der Waals surface area contributed by atoms with Crippen molar-refractivity contribution in [3.63, 3.8) is 0 Å². The van der Waals surface area contributed by atoms with Crippen molar-refractivity contribution in [1.29, 1.82) is 0 Å². The van der Waals surface area contributed by atoms with E-state index in [-0.39, 0.29) is 11.1 Å². The highest BCUT2D eigenvalue weighted by atomic mass is 35.5. The van der Waals surface area contributed by atoms with E-state index in [0.29, 0.717) is 24.5 Å². The van der Waals surface area contributed by atoms with Gasteiger partial charge in [-0.05, 0) is 31.2 Å². The third-order valence-electron chi connectivity index (χ3n) is 4.92. The first-order valence-electron chi connectivity index (χ1n) is 9.08. The van der Waals surface area contributed by atoms with Crippen LogP contribution in [-0.4, -0.2) is 43.5 Å². The Kier molecular flexibility index (Phi) is 4.13. The number of benzene rings is 1. The van der Waals surface area contributed by atoms with Crippen LogP contribution in [0.4, 0.5) is 11.5 Å². The lowest BCUT2D eigenvalue weighted by atomic mass is 10.2. The SMILES string of the molecule is Cc1ncc(-n2ccc3cc(N4CCNc5ncnc(Cl)c5C4=O)ccc32)cn1. The number of rotatable bonds is 2. The molecule has 0 atom stereocenters. The molecule has 0 unspecified atom stereocenters. The van der Waals surface area contributed by atoms with Gasteiger partial charge < -0.3 is 14.8 Å². The Balaban J connectivity index is 1.55. The summed E-state index contributed by atoms with van der Waals surface area (Å²) >= 11 is 6.19. The van der Waals surface area contributed by atoms with Gasteiger partial charge in [0.25, 0.3) is 5.91 Å². The second kappa shape index (κ2) is 6.82. The van der Waals surface area contributed by atoms with Gasteiger partial charge in [-0.2, -0.15) is 0 Å². The van der Waals surface area contributed by atoms with Crippen LogP contribution in [0.1, 0.15) is 16.2 Å². The highest BCUT2D eigenvalue weighted by Gasteiger charge is 2.27. The van der Waals surface area contributed by atoms with E-state index in [4.69, 9.17) is 11.6 Å². The number of halogens is 1. The van der Waals surface area contributed by atoms with E-state index in [2.05, 4.69) is 25.3 Å². The molecule has 0 saturated carbocycles. The zero-order valence-electron chi connectivity index (χ0n) is 15.5. The van der Waals surface area contributed by atoms with Crippen molar-refractivity contribution >= 4 is 39.9 Å². The van der Waals surface area contributed by atoms with E-state index in [1.807, 2.05) is 42.0 Å². The minimum atomic E-state index is -0.221. The van der Waals surface area contributed by atoms with Gasteiger partial charge >= 0.3 is 0 Å². The van der Waals surface area contributed by atoms with E-state index in [1.165, 1.54) is 6.33 Å². The van der Waals surface area contributed by atoms with E-state index in [1.54, 1.807) is 17.3 Å². The molecule has 0 fully saturated rings. The zero-order valence-corrected chi connectivity index (χ0v) is 16.3. The topological polar surface area (TPSA) is 88.8 Å². The minimum absolute atomic E-state index is 0.144. The second-order valence-corrected chi connectivity index (χ2v) is 7.05. The molecule has 4 heterocycles. The van der Waals surface area contributed by atoms with Crippen LogP contribution in [0.15, 0.2) is 49.2 Å². The number of aromatic nitrogens is 5. The molecule has 1 aromatic carbocycles. The summed E-state index contributed by atoms with van der Waals surface area (Å²) < 4.78 is 2.02. The predicted molar refractivity (Wildman–Crippen MR) is 111 cm³/mol. The third kappa shape index (κ3) is 2.98. The fourth-order valence-electron chi connectivity index (χ4n) is 3.49. The molecule has 4 aromatic rings. The van der Waals surface area contributed by atoms with Gasteiger partial charge in [0.2, 0.25) is 0 Å². The standard InChI is InChI=1S/C20H16ClN7O/c1-12-23-9-15(10-24-12)27-6-4-13-8-14(2-3-16(13)27)28-7-5-22-19-17(20(28)29)18(21)25-11-26-19/h2-4,6,8-11H,5,7H2,1H3,(H,22,25,26). The fourth-order valence-corrected chi connectivity index (χ4v) is 3.70. The number of fused-ring (bicyclic) bond motifs is 2. The Morgan fingerprint density at radius 3 is 2.72 bits per heavy atom. The molecule has 9 heteroatoms. The minimum Gasteiger partial charge on any atom is -0.367 e. The van der Waals surface area contributed by atoms with Gasteiger partial charge in [-0.25, -0.2) is 19.9 Å². The number of hydrogen-bond acceptors (Lipinski definition) is 6. The maximum atomic E-state index is 13.2. The summed E-state index contributed by atoms with van der Waals surface area (Å²) in [7, 11) is 0. The number of anilines is 2. The summed E-state index contributed by atoms with van der Waals surface area (Å²) in [5.74, 6) is 0.967. The quantitative estimate of drug-likeness (QED) is 0.515. The molecule has 29 heavy (non-hydrogen) atoms. The maximum Gasteiger partial charge on any atom is 0.265 e. The van der Waals surface area contributed by atoms with Crippen LogP contribution in [0.25, 0.3) is 16.6 Å². The van der Waals surface area contributed by atoms with Crippen LogP contribution in [0.2, 0.25) is 5.15 Å². The van der Waals surface area contributed by atoms with Crippen LogP contribution >= 0.6 is 11.6 Å². The number of carbonyl (C=O) groups is 1. The molecule has 1 N–H and O–H groups in total. The molecular weight excluding hydrogens is 390 g/mol. The lowest BCUT2D eigenvalue weighted by Crippen LogP contribution is -2.32. The van der Waals surface area contributed by atoms with Crippen molar-refractivity contribution in [1.82, 2.24) is 24.5 Å². The van der Waals surface area contributed by atoms with Crippen LogP contribution < -0.4 is 10.2 Å². The average molecular weight is 406 g/mol. The van der Waals surface area contributed by atoms with Gasteiger partial charge in [0.1, 0.15) is 28.7 Å². The van der Waals surface area contributed by atoms with E-state index >= 15 is 0 Å². The number of aryl methyl sites for hydroxylation is 1.